The fourth-order valence-electron chi connectivity index (χ4n) is 4.49. The molecule has 2 amide bonds. The smallest absolute Gasteiger partial charge is 0.257 e. The minimum absolute atomic E-state index is 0.0316. The van der Waals surface area contributed by atoms with Gasteiger partial charge in [-0.05, 0) is 43.4 Å². The third kappa shape index (κ3) is 3.18. The minimum Gasteiger partial charge on any atom is -0.336 e. The van der Waals surface area contributed by atoms with E-state index in [9.17, 15) is 14.0 Å². The number of hydrogen-bond acceptors (Lipinski definition) is 2. The van der Waals surface area contributed by atoms with Crippen LogP contribution in [0.3, 0.4) is 0 Å². The van der Waals surface area contributed by atoms with E-state index in [2.05, 4.69) is 0 Å². The molecule has 0 radical (unpaired) electrons. The van der Waals surface area contributed by atoms with Gasteiger partial charge < -0.3 is 9.80 Å². The monoisotopic (exact) mass is 400 g/mol. The van der Waals surface area contributed by atoms with Crippen molar-refractivity contribution in [1.29, 1.82) is 0 Å². The summed E-state index contributed by atoms with van der Waals surface area (Å²) < 4.78 is 14.4. The van der Waals surface area contributed by atoms with Crippen molar-refractivity contribution in [1.82, 2.24) is 9.80 Å². The molecule has 4 nitrogen and oxygen atoms in total. The third-order valence-corrected chi connectivity index (χ3v) is 6.13. The highest BCUT2D eigenvalue weighted by molar-refractivity contribution is 6.31. The molecule has 28 heavy (non-hydrogen) atoms. The zero-order valence-corrected chi connectivity index (χ0v) is 16.3. The molecule has 2 heterocycles. The Morgan fingerprint density at radius 3 is 2.50 bits per heavy atom. The number of carbonyl (C=O) groups excluding carboxylic acids is 2. The Morgan fingerprint density at radius 2 is 1.75 bits per heavy atom. The molecule has 2 aliphatic heterocycles. The standard InChI is InChI=1S/C22H22ClFN2O2/c23-18-10-4-9-17(19(18)24)20(27)26-14-6-12-22(26)11-5-13-25(21(22)28)15-16-7-2-1-3-8-16/h1-4,7-10H,5-6,11-15H2. The van der Waals surface area contributed by atoms with Gasteiger partial charge in [-0.3, -0.25) is 9.59 Å². The second-order valence-corrected chi connectivity index (χ2v) is 7.92. The van der Waals surface area contributed by atoms with Crippen LogP contribution >= 0.6 is 11.6 Å². The molecule has 2 aromatic carbocycles. The Morgan fingerprint density at radius 1 is 1.04 bits per heavy atom. The van der Waals surface area contributed by atoms with Gasteiger partial charge in [0.1, 0.15) is 5.54 Å². The van der Waals surface area contributed by atoms with E-state index in [1.165, 1.54) is 12.1 Å². The first-order valence-electron chi connectivity index (χ1n) is 9.62. The molecule has 2 saturated heterocycles. The number of nitrogens with zero attached hydrogens (tertiary/aromatic N) is 2. The first-order chi connectivity index (χ1) is 13.5. The SMILES string of the molecule is O=C(c1cccc(Cl)c1F)N1CCCC12CCCN(Cc1ccccc1)C2=O. The quantitative estimate of drug-likeness (QED) is 0.771. The predicted octanol–water partition coefficient (Wildman–Crippen LogP) is 4.28. The molecule has 2 aliphatic rings. The first-order valence-corrected chi connectivity index (χ1v) is 10.00. The van der Waals surface area contributed by atoms with Crippen LogP contribution in [0.2, 0.25) is 5.02 Å². The average molecular weight is 401 g/mol. The molecule has 0 bridgehead atoms. The Labute approximate surface area is 168 Å². The van der Waals surface area contributed by atoms with E-state index >= 15 is 0 Å². The normalized spacial score (nSPS) is 22.1. The van der Waals surface area contributed by atoms with Crippen molar-refractivity contribution in [2.24, 2.45) is 0 Å². The number of halogens is 2. The number of hydrogen-bond donors (Lipinski definition) is 0. The summed E-state index contributed by atoms with van der Waals surface area (Å²) in [5.74, 6) is -1.20. The highest BCUT2D eigenvalue weighted by atomic mass is 35.5. The number of likely N-dealkylation sites (tertiary alicyclic amines) is 2. The Hall–Kier alpha value is -2.40. The molecule has 2 aromatic rings. The molecule has 0 aromatic heterocycles. The van der Waals surface area contributed by atoms with E-state index in [-0.39, 0.29) is 16.5 Å². The topological polar surface area (TPSA) is 40.6 Å². The van der Waals surface area contributed by atoms with Gasteiger partial charge >= 0.3 is 0 Å². The van der Waals surface area contributed by atoms with Gasteiger partial charge in [-0.1, -0.05) is 48.0 Å². The van der Waals surface area contributed by atoms with Gasteiger partial charge in [0.25, 0.3) is 5.91 Å². The van der Waals surface area contributed by atoms with Gasteiger partial charge in [0.15, 0.2) is 5.82 Å². The molecular formula is C22H22ClFN2O2. The van der Waals surface area contributed by atoms with Crippen molar-refractivity contribution in [2.75, 3.05) is 13.1 Å². The van der Waals surface area contributed by atoms with Crippen LogP contribution in [0, 0.1) is 5.82 Å². The van der Waals surface area contributed by atoms with E-state index in [0.29, 0.717) is 32.5 Å². The summed E-state index contributed by atoms with van der Waals surface area (Å²) in [5.41, 5.74) is 0.116. The van der Waals surface area contributed by atoms with Gasteiger partial charge in [0, 0.05) is 19.6 Å². The largest absolute Gasteiger partial charge is 0.336 e. The van der Waals surface area contributed by atoms with Gasteiger partial charge in [-0.25, -0.2) is 4.39 Å². The number of benzene rings is 2. The fraction of sp³-hybridized carbons (Fsp3) is 0.364. The van der Waals surface area contributed by atoms with Crippen LogP contribution in [0.5, 0.6) is 0 Å². The van der Waals surface area contributed by atoms with Crippen LogP contribution in [0.25, 0.3) is 0 Å². The maximum absolute atomic E-state index is 14.4. The van der Waals surface area contributed by atoms with Crippen LogP contribution in [0.1, 0.15) is 41.6 Å². The Balaban J connectivity index is 1.62. The maximum atomic E-state index is 14.4. The molecule has 0 aliphatic carbocycles. The van der Waals surface area contributed by atoms with Crippen molar-refractivity contribution in [3.05, 3.63) is 70.5 Å². The molecule has 1 spiro atoms. The van der Waals surface area contributed by atoms with Gasteiger partial charge in [0.05, 0.1) is 10.6 Å². The summed E-state index contributed by atoms with van der Waals surface area (Å²) in [7, 11) is 0. The highest BCUT2D eigenvalue weighted by Crippen LogP contribution is 2.40. The number of piperidine rings is 1. The molecule has 1 unspecified atom stereocenters. The average Bonchev–Trinajstić information content (AvgIpc) is 3.12. The lowest BCUT2D eigenvalue weighted by molar-refractivity contribution is -0.146. The van der Waals surface area contributed by atoms with Gasteiger partial charge in [-0.15, -0.1) is 0 Å². The summed E-state index contributed by atoms with van der Waals surface area (Å²) in [6.07, 6.45) is 2.79. The molecule has 0 N–H and O–H groups in total. The fourth-order valence-corrected chi connectivity index (χ4v) is 4.67. The zero-order valence-electron chi connectivity index (χ0n) is 15.5. The molecule has 4 rings (SSSR count). The summed E-state index contributed by atoms with van der Waals surface area (Å²) in [6.45, 7) is 1.65. The third-order valence-electron chi connectivity index (χ3n) is 5.84. The highest BCUT2D eigenvalue weighted by Gasteiger charge is 2.53. The summed E-state index contributed by atoms with van der Waals surface area (Å²) >= 11 is 5.86. The summed E-state index contributed by atoms with van der Waals surface area (Å²) in [5, 5.41) is -0.0835. The van der Waals surface area contributed by atoms with Crippen LogP contribution in [-0.4, -0.2) is 40.2 Å². The molecule has 2 fully saturated rings. The van der Waals surface area contributed by atoms with E-state index in [0.717, 1.165) is 18.4 Å². The number of rotatable bonds is 3. The second-order valence-electron chi connectivity index (χ2n) is 7.51. The van der Waals surface area contributed by atoms with E-state index in [1.54, 1.807) is 11.0 Å². The van der Waals surface area contributed by atoms with Crippen molar-refractivity contribution in [2.45, 2.75) is 37.8 Å². The van der Waals surface area contributed by atoms with Crippen LogP contribution in [0.15, 0.2) is 48.5 Å². The number of carbonyl (C=O) groups is 2. The lowest BCUT2D eigenvalue weighted by atomic mass is 9.84. The van der Waals surface area contributed by atoms with Crippen molar-refractivity contribution < 1.29 is 14.0 Å². The van der Waals surface area contributed by atoms with Gasteiger partial charge in [-0.2, -0.15) is 0 Å². The lowest BCUT2D eigenvalue weighted by Crippen LogP contribution is -2.61. The van der Waals surface area contributed by atoms with E-state index < -0.39 is 17.3 Å². The summed E-state index contributed by atoms with van der Waals surface area (Å²) in [6, 6.07) is 14.2. The van der Waals surface area contributed by atoms with Crippen molar-refractivity contribution >= 4 is 23.4 Å². The van der Waals surface area contributed by atoms with Crippen LogP contribution < -0.4 is 0 Å². The summed E-state index contributed by atoms with van der Waals surface area (Å²) in [4.78, 5) is 30.0. The van der Waals surface area contributed by atoms with Crippen molar-refractivity contribution in [3.8, 4) is 0 Å². The molecule has 1 atom stereocenters. The molecule has 6 heteroatoms. The van der Waals surface area contributed by atoms with Gasteiger partial charge in [0.2, 0.25) is 5.91 Å². The van der Waals surface area contributed by atoms with Crippen LogP contribution in [-0.2, 0) is 11.3 Å². The minimum atomic E-state index is -0.876. The van der Waals surface area contributed by atoms with Crippen molar-refractivity contribution in [3.63, 3.8) is 0 Å². The molecule has 146 valence electrons. The Bertz CT molecular complexity index is 905. The zero-order chi connectivity index (χ0) is 19.7. The maximum Gasteiger partial charge on any atom is 0.257 e. The first kappa shape index (κ1) is 18.9. The lowest BCUT2D eigenvalue weighted by Gasteiger charge is -2.44. The number of amides is 2. The predicted molar refractivity (Wildman–Crippen MR) is 106 cm³/mol. The second kappa shape index (κ2) is 7.55. The molecule has 0 saturated carbocycles. The van der Waals surface area contributed by atoms with E-state index in [1.807, 2.05) is 35.2 Å². The molecular weight excluding hydrogens is 379 g/mol. The van der Waals surface area contributed by atoms with Crippen LogP contribution in [0.4, 0.5) is 4.39 Å². The van der Waals surface area contributed by atoms with E-state index in [4.69, 9.17) is 11.6 Å². The Kier molecular flexibility index (Phi) is 5.11.